The van der Waals surface area contributed by atoms with Crippen molar-refractivity contribution in [3.05, 3.63) is 52.1 Å². The molecule has 1 N–H and O–H groups in total. The topological polar surface area (TPSA) is 67.2 Å². The Hall–Kier alpha value is -2.16. The molecule has 8 heteroatoms. The van der Waals surface area contributed by atoms with Crippen molar-refractivity contribution in [2.75, 3.05) is 24.2 Å². The summed E-state index contributed by atoms with van der Waals surface area (Å²) < 4.78 is 3.35. The standard InChI is InChI=1S/C23H26N4O2S2/c1-2-15-6-8-16(9-7-15)17(26-10-4-3-5-11-26)12-27-14-24-19-20-23(30-13-18(28)25-20)31-21(19)22(27)29/h6-9,14,17H,2-5,10-13H2,1H3,(H,25,28)/t17-/m1/s1. The minimum absolute atomic E-state index is 0.0218. The molecule has 4 heterocycles. The highest BCUT2D eigenvalue weighted by Crippen LogP contribution is 2.42. The number of anilines is 1. The average Bonchev–Trinajstić information content (AvgIpc) is 3.18. The largest absolute Gasteiger partial charge is 0.322 e. The van der Waals surface area contributed by atoms with E-state index >= 15 is 0 Å². The van der Waals surface area contributed by atoms with Crippen molar-refractivity contribution in [3.63, 3.8) is 0 Å². The minimum atomic E-state index is -0.0381. The molecule has 31 heavy (non-hydrogen) atoms. The zero-order chi connectivity index (χ0) is 21.4. The van der Waals surface area contributed by atoms with Gasteiger partial charge in [-0.2, -0.15) is 0 Å². The lowest BCUT2D eigenvalue weighted by Crippen LogP contribution is -2.37. The number of piperidine rings is 1. The van der Waals surface area contributed by atoms with Crippen LogP contribution < -0.4 is 10.9 Å². The molecule has 0 saturated carbocycles. The van der Waals surface area contributed by atoms with Crippen LogP contribution in [0.15, 0.2) is 39.6 Å². The number of likely N-dealkylation sites (tertiary alicyclic amines) is 1. The van der Waals surface area contributed by atoms with E-state index in [1.165, 1.54) is 53.5 Å². The number of thiophene rings is 1. The lowest BCUT2D eigenvalue weighted by Gasteiger charge is -2.35. The van der Waals surface area contributed by atoms with Crippen LogP contribution in [0.25, 0.3) is 10.2 Å². The zero-order valence-corrected chi connectivity index (χ0v) is 19.2. The average molecular weight is 455 g/mol. The third kappa shape index (κ3) is 4.04. The SMILES string of the molecule is CCc1ccc([C@@H](Cn2cnc3c4c(sc3c2=O)SCC(=O)N4)N2CCCCC2)cc1. The van der Waals surface area contributed by atoms with Gasteiger partial charge < -0.3 is 5.32 Å². The molecule has 0 unspecified atom stereocenters. The molecule has 162 valence electrons. The number of amides is 1. The molecule has 1 amide bonds. The molecular weight excluding hydrogens is 428 g/mol. The number of nitrogens with zero attached hydrogens (tertiary/aromatic N) is 3. The summed E-state index contributed by atoms with van der Waals surface area (Å²) in [5.74, 6) is 0.350. The number of aryl methyl sites for hydroxylation is 1. The number of carbonyl (C=O) groups excluding carboxylic acids is 1. The van der Waals surface area contributed by atoms with Gasteiger partial charge in [-0.15, -0.1) is 23.1 Å². The van der Waals surface area contributed by atoms with Crippen LogP contribution in [0.1, 0.15) is 43.4 Å². The monoisotopic (exact) mass is 454 g/mol. The highest BCUT2D eigenvalue weighted by molar-refractivity contribution is 8.02. The van der Waals surface area contributed by atoms with Crippen molar-refractivity contribution in [3.8, 4) is 0 Å². The Morgan fingerprint density at radius 1 is 1.13 bits per heavy atom. The van der Waals surface area contributed by atoms with E-state index in [1.54, 1.807) is 10.9 Å². The Morgan fingerprint density at radius 2 is 1.90 bits per heavy atom. The summed E-state index contributed by atoms with van der Waals surface area (Å²) in [6, 6.07) is 8.97. The lowest BCUT2D eigenvalue weighted by molar-refractivity contribution is -0.113. The molecule has 2 aromatic heterocycles. The summed E-state index contributed by atoms with van der Waals surface area (Å²) in [6.07, 6.45) is 6.34. The van der Waals surface area contributed by atoms with E-state index in [0.29, 0.717) is 28.2 Å². The Kier molecular flexibility index (Phi) is 5.86. The first-order valence-electron chi connectivity index (χ1n) is 10.9. The van der Waals surface area contributed by atoms with Gasteiger partial charge in [0.2, 0.25) is 5.91 Å². The van der Waals surface area contributed by atoms with Crippen LogP contribution in [-0.4, -0.2) is 39.2 Å². The lowest BCUT2D eigenvalue weighted by atomic mass is 9.99. The summed E-state index contributed by atoms with van der Waals surface area (Å²) >= 11 is 2.93. The van der Waals surface area contributed by atoms with Crippen LogP contribution in [0, 0.1) is 0 Å². The predicted octanol–water partition coefficient (Wildman–Crippen LogP) is 4.29. The maximum atomic E-state index is 13.4. The van der Waals surface area contributed by atoms with Gasteiger partial charge in [-0.3, -0.25) is 19.1 Å². The molecule has 1 fully saturated rings. The first kappa shape index (κ1) is 20.7. The third-order valence-corrected chi connectivity index (χ3v) is 8.64. The molecule has 0 spiro atoms. The normalized spacial score (nSPS) is 18.0. The van der Waals surface area contributed by atoms with Gasteiger partial charge in [-0.25, -0.2) is 4.98 Å². The van der Waals surface area contributed by atoms with Gasteiger partial charge >= 0.3 is 0 Å². The fourth-order valence-electron chi connectivity index (χ4n) is 4.45. The van der Waals surface area contributed by atoms with Crippen molar-refractivity contribution in [2.45, 2.75) is 49.4 Å². The van der Waals surface area contributed by atoms with Crippen molar-refractivity contribution in [2.24, 2.45) is 0 Å². The Bertz CT molecular complexity index is 1160. The van der Waals surface area contributed by atoms with E-state index in [1.807, 2.05) is 0 Å². The van der Waals surface area contributed by atoms with E-state index in [4.69, 9.17) is 0 Å². The fraction of sp³-hybridized carbons (Fsp3) is 0.435. The molecule has 1 atom stereocenters. The number of aromatic nitrogens is 2. The summed E-state index contributed by atoms with van der Waals surface area (Å²) in [4.78, 5) is 32.3. The van der Waals surface area contributed by atoms with Gasteiger partial charge in [0.25, 0.3) is 5.56 Å². The van der Waals surface area contributed by atoms with Crippen molar-refractivity contribution >= 4 is 44.9 Å². The zero-order valence-electron chi connectivity index (χ0n) is 17.6. The van der Waals surface area contributed by atoms with Crippen molar-refractivity contribution in [1.29, 1.82) is 0 Å². The molecule has 2 aliphatic rings. The molecule has 5 rings (SSSR count). The van der Waals surface area contributed by atoms with Crippen LogP contribution in [0.5, 0.6) is 0 Å². The van der Waals surface area contributed by atoms with Gasteiger partial charge in [0.05, 0.1) is 28.0 Å². The second-order valence-electron chi connectivity index (χ2n) is 8.19. The van der Waals surface area contributed by atoms with E-state index in [0.717, 1.165) is 23.7 Å². The van der Waals surface area contributed by atoms with E-state index in [9.17, 15) is 9.59 Å². The van der Waals surface area contributed by atoms with Crippen LogP contribution in [0.4, 0.5) is 5.69 Å². The van der Waals surface area contributed by atoms with Crippen LogP contribution in [0.2, 0.25) is 0 Å². The maximum absolute atomic E-state index is 13.4. The number of carbonyl (C=O) groups is 1. The van der Waals surface area contributed by atoms with Gasteiger partial charge in [-0.1, -0.05) is 37.6 Å². The summed E-state index contributed by atoms with van der Waals surface area (Å²) in [7, 11) is 0. The van der Waals surface area contributed by atoms with Crippen LogP contribution in [0.3, 0.4) is 0 Å². The van der Waals surface area contributed by atoms with Crippen molar-refractivity contribution in [1.82, 2.24) is 14.5 Å². The number of hydrogen-bond acceptors (Lipinski definition) is 6. The number of nitrogens with one attached hydrogen (secondary N) is 1. The van der Waals surface area contributed by atoms with Gasteiger partial charge in [0.1, 0.15) is 10.2 Å². The predicted molar refractivity (Wildman–Crippen MR) is 127 cm³/mol. The number of benzene rings is 1. The Balaban J connectivity index is 1.51. The molecule has 6 nitrogen and oxygen atoms in total. The number of thioether (sulfide) groups is 1. The molecule has 1 saturated heterocycles. The van der Waals surface area contributed by atoms with Gasteiger partial charge in [0.15, 0.2) is 0 Å². The molecule has 0 radical (unpaired) electrons. The third-order valence-electron chi connectivity index (χ3n) is 6.20. The Labute approximate surface area is 189 Å². The maximum Gasteiger partial charge on any atom is 0.271 e. The first-order valence-corrected chi connectivity index (χ1v) is 12.7. The molecule has 1 aromatic carbocycles. The molecular formula is C23H26N4O2S2. The molecule has 2 aliphatic heterocycles. The second-order valence-corrected chi connectivity index (χ2v) is 10.5. The quantitative estimate of drug-likeness (QED) is 0.623. The van der Waals surface area contributed by atoms with Crippen LogP contribution >= 0.6 is 23.1 Å². The summed E-state index contributed by atoms with van der Waals surface area (Å²) in [5, 5.41) is 2.89. The minimum Gasteiger partial charge on any atom is -0.322 e. The van der Waals surface area contributed by atoms with Gasteiger partial charge in [0, 0.05) is 6.54 Å². The van der Waals surface area contributed by atoms with Gasteiger partial charge in [-0.05, 0) is 43.5 Å². The highest BCUT2D eigenvalue weighted by atomic mass is 32.2. The fourth-order valence-corrected chi connectivity index (χ4v) is 6.63. The first-order chi connectivity index (χ1) is 15.1. The van der Waals surface area contributed by atoms with Crippen LogP contribution in [-0.2, 0) is 17.8 Å². The molecule has 0 bridgehead atoms. The smallest absolute Gasteiger partial charge is 0.271 e. The van der Waals surface area contributed by atoms with Crippen molar-refractivity contribution < 1.29 is 4.79 Å². The summed E-state index contributed by atoms with van der Waals surface area (Å²) in [5.41, 5.74) is 3.87. The van der Waals surface area contributed by atoms with E-state index < -0.39 is 0 Å². The molecule has 0 aliphatic carbocycles. The number of rotatable bonds is 5. The second kappa shape index (κ2) is 8.76. The number of fused-ring (bicyclic) bond motifs is 3. The summed E-state index contributed by atoms with van der Waals surface area (Å²) in [6.45, 7) is 4.86. The van der Waals surface area contributed by atoms with E-state index in [2.05, 4.69) is 46.4 Å². The van der Waals surface area contributed by atoms with E-state index in [-0.39, 0.29) is 17.5 Å². The highest BCUT2D eigenvalue weighted by Gasteiger charge is 2.26. The molecule has 3 aromatic rings. The number of hydrogen-bond donors (Lipinski definition) is 1. The Morgan fingerprint density at radius 3 is 2.65 bits per heavy atom.